The van der Waals surface area contributed by atoms with Crippen molar-refractivity contribution in [3.63, 3.8) is 0 Å². The van der Waals surface area contributed by atoms with Crippen molar-refractivity contribution in [1.82, 2.24) is 15.3 Å². The molecule has 1 fully saturated rings. The van der Waals surface area contributed by atoms with Gasteiger partial charge in [0.25, 0.3) is 0 Å². The summed E-state index contributed by atoms with van der Waals surface area (Å²) in [6.07, 6.45) is 6.88. The average Bonchev–Trinajstić information content (AvgIpc) is 2.78. The second-order valence-corrected chi connectivity index (χ2v) is 8.01. The molecule has 0 aliphatic heterocycles. The Balaban J connectivity index is 1.41. The summed E-state index contributed by atoms with van der Waals surface area (Å²) >= 11 is 0. The van der Waals surface area contributed by atoms with Crippen LogP contribution in [0.3, 0.4) is 0 Å². The molecule has 1 aromatic carbocycles. The number of nitrogens with zero attached hydrogens (tertiary/aromatic N) is 5. The lowest BCUT2D eigenvalue weighted by atomic mass is 9.91. The Morgan fingerprint density at radius 3 is 2.47 bits per heavy atom. The molecule has 30 heavy (non-hydrogen) atoms. The van der Waals surface area contributed by atoms with Crippen LogP contribution in [-0.2, 0) is 0 Å². The van der Waals surface area contributed by atoms with E-state index in [1.165, 1.54) is 5.69 Å². The highest BCUT2D eigenvalue weighted by Crippen LogP contribution is 2.22. The van der Waals surface area contributed by atoms with Gasteiger partial charge in [-0.05, 0) is 43.9 Å². The van der Waals surface area contributed by atoms with Crippen LogP contribution in [0, 0.1) is 11.3 Å². The van der Waals surface area contributed by atoms with Gasteiger partial charge in [0.2, 0.25) is 5.95 Å². The fourth-order valence-corrected chi connectivity index (χ4v) is 3.89. The number of hydrogen-bond acceptors (Lipinski definition) is 7. The molecule has 0 atom stereocenters. The van der Waals surface area contributed by atoms with E-state index in [1.807, 2.05) is 49.5 Å². The molecule has 1 aliphatic carbocycles. The van der Waals surface area contributed by atoms with Crippen LogP contribution >= 0.6 is 0 Å². The van der Waals surface area contributed by atoms with Crippen molar-refractivity contribution in [1.29, 1.82) is 5.26 Å². The lowest BCUT2D eigenvalue weighted by Gasteiger charge is -2.31. The summed E-state index contributed by atoms with van der Waals surface area (Å²) in [5.41, 5.74) is 1.18. The van der Waals surface area contributed by atoms with Crippen LogP contribution in [0.15, 0.2) is 42.6 Å². The molecule has 7 nitrogen and oxygen atoms in total. The molecule has 0 spiro atoms. The quantitative estimate of drug-likeness (QED) is 0.626. The van der Waals surface area contributed by atoms with Gasteiger partial charge < -0.3 is 20.4 Å². The molecule has 3 rings (SSSR count). The summed E-state index contributed by atoms with van der Waals surface area (Å²) in [5.74, 6) is 1.64. The van der Waals surface area contributed by atoms with Gasteiger partial charge in [0.15, 0.2) is 0 Å². The van der Waals surface area contributed by atoms with E-state index in [9.17, 15) is 0 Å². The standard InChI is InChI=1S/C23H33N7/c1-29(2)22-13-15-26-23(28-22)27-20-11-9-19(10-12-20)25-16-18-30(17-6-14-24)21-7-4-3-5-8-21/h3-5,7-8,13,15,19-20,25H,6,9-12,16-18H2,1-2H3,(H,26,27,28)/t19-,20+. The first-order chi connectivity index (χ1) is 14.7. The third kappa shape index (κ3) is 6.60. The van der Waals surface area contributed by atoms with Gasteiger partial charge in [0.05, 0.1) is 12.5 Å². The SMILES string of the molecule is CN(C)c1ccnc(N[C@H]2CC[C@@H](NCCN(CCC#N)c3ccccc3)CC2)n1. The Morgan fingerprint density at radius 1 is 1.03 bits per heavy atom. The van der Waals surface area contributed by atoms with Gasteiger partial charge in [-0.2, -0.15) is 10.2 Å². The van der Waals surface area contributed by atoms with Gasteiger partial charge in [-0.3, -0.25) is 0 Å². The second kappa shape index (κ2) is 11.4. The van der Waals surface area contributed by atoms with Crippen molar-refractivity contribution in [3.05, 3.63) is 42.6 Å². The van der Waals surface area contributed by atoms with Gasteiger partial charge in [0, 0.05) is 57.7 Å². The maximum atomic E-state index is 8.95. The zero-order valence-electron chi connectivity index (χ0n) is 18.1. The lowest BCUT2D eigenvalue weighted by molar-refractivity contribution is 0.355. The highest BCUT2D eigenvalue weighted by atomic mass is 15.2. The molecule has 7 heteroatoms. The first-order valence-corrected chi connectivity index (χ1v) is 10.8. The first kappa shape index (κ1) is 21.8. The third-order valence-electron chi connectivity index (χ3n) is 5.59. The average molecular weight is 408 g/mol. The molecule has 1 heterocycles. The minimum atomic E-state index is 0.428. The van der Waals surface area contributed by atoms with Crippen LogP contribution in [0.1, 0.15) is 32.1 Å². The van der Waals surface area contributed by atoms with E-state index in [-0.39, 0.29) is 0 Å². The first-order valence-electron chi connectivity index (χ1n) is 10.8. The van der Waals surface area contributed by atoms with E-state index in [0.29, 0.717) is 24.5 Å². The summed E-state index contributed by atoms with van der Waals surface area (Å²) in [6, 6.07) is 15.5. The molecule has 0 bridgehead atoms. The van der Waals surface area contributed by atoms with Crippen molar-refractivity contribution in [2.24, 2.45) is 0 Å². The Morgan fingerprint density at radius 2 is 1.77 bits per heavy atom. The number of para-hydroxylation sites is 1. The van der Waals surface area contributed by atoms with Crippen LogP contribution in [0.5, 0.6) is 0 Å². The molecule has 2 aromatic rings. The summed E-state index contributed by atoms with van der Waals surface area (Å²) in [7, 11) is 3.98. The number of nitrogens with one attached hydrogen (secondary N) is 2. The normalized spacial score (nSPS) is 18.4. The predicted molar refractivity (Wildman–Crippen MR) is 123 cm³/mol. The number of nitriles is 1. The Bertz CT molecular complexity index is 795. The summed E-state index contributed by atoms with van der Waals surface area (Å²) in [6.45, 7) is 2.61. The van der Waals surface area contributed by atoms with Gasteiger partial charge in [-0.1, -0.05) is 18.2 Å². The molecule has 0 unspecified atom stereocenters. The van der Waals surface area contributed by atoms with Crippen molar-refractivity contribution in [2.75, 3.05) is 48.8 Å². The molecule has 2 N–H and O–H groups in total. The molecule has 1 saturated carbocycles. The van der Waals surface area contributed by atoms with Crippen molar-refractivity contribution < 1.29 is 0 Å². The molecule has 0 amide bonds. The van der Waals surface area contributed by atoms with Gasteiger partial charge in [-0.15, -0.1) is 0 Å². The molecular formula is C23H33N7. The van der Waals surface area contributed by atoms with Crippen LogP contribution in [0.2, 0.25) is 0 Å². The highest BCUT2D eigenvalue weighted by molar-refractivity contribution is 5.46. The Kier molecular flexibility index (Phi) is 8.28. The monoisotopic (exact) mass is 407 g/mol. The maximum absolute atomic E-state index is 8.95. The third-order valence-corrected chi connectivity index (χ3v) is 5.59. The van der Waals surface area contributed by atoms with Gasteiger partial charge in [-0.25, -0.2) is 4.98 Å². The van der Waals surface area contributed by atoms with Crippen LogP contribution < -0.4 is 20.4 Å². The minimum absolute atomic E-state index is 0.428. The van der Waals surface area contributed by atoms with E-state index in [2.05, 4.69) is 43.7 Å². The number of benzene rings is 1. The molecule has 0 radical (unpaired) electrons. The number of hydrogen-bond donors (Lipinski definition) is 2. The fraction of sp³-hybridized carbons (Fsp3) is 0.522. The number of aromatic nitrogens is 2. The topological polar surface area (TPSA) is 80.1 Å². The largest absolute Gasteiger partial charge is 0.369 e. The predicted octanol–water partition coefficient (Wildman–Crippen LogP) is 3.28. The van der Waals surface area contributed by atoms with Gasteiger partial charge in [0.1, 0.15) is 5.82 Å². The minimum Gasteiger partial charge on any atom is -0.369 e. The molecule has 1 aliphatic rings. The zero-order chi connectivity index (χ0) is 21.2. The summed E-state index contributed by atoms with van der Waals surface area (Å²) < 4.78 is 0. The summed E-state index contributed by atoms with van der Waals surface area (Å²) in [4.78, 5) is 13.2. The second-order valence-electron chi connectivity index (χ2n) is 8.01. The molecule has 160 valence electrons. The summed E-state index contributed by atoms with van der Waals surface area (Å²) in [5, 5.41) is 16.2. The smallest absolute Gasteiger partial charge is 0.224 e. The number of anilines is 3. The van der Waals surface area contributed by atoms with Gasteiger partial charge >= 0.3 is 0 Å². The van der Waals surface area contributed by atoms with E-state index >= 15 is 0 Å². The van der Waals surface area contributed by atoms with E-state index < -0.39 is 0 Å². The Labute approximate surface area is 180 Å². The lowest BCUT2D eigenvalue weighted by Crippen LogP contribution is -2.41. The molecular weight excluding hydrogens is 374 g/mol. The van der Waals surface area contributed by atoms with Crippen LogP contribution in [0.25, 0.3) is 0 Å². The van der Waals surface area contributed by atoms with Crippen molar-refractivity contribution in [3.8, 4) is 6.07 Å². The van der Waals surface area contributed by atoms with Crippen LogP contribution in [-0.4, -0.2) is 55.8 Å². The Hall–Kier alpha value is -2.85. The van der Waals surface area contributed by atoms with Crippen LogP contribution in [0.4, 0.5) is 17.5 Å². The van der Waals surface area contributed by atoms with Crippen molar-refractivity contribution in [2.45, 2.75) is 44.2 Å². The molecule has 1 aromatic heterocycles. The number of rotatable bonds is 10. The molecule has 0 saturated heterocycles. The van der Waals surface area contributed by atoms with E-state index in [0.717, 1.165) is 51.1 Å². The maximum Gasteiger partial charge on any atom is 0.224 e. The van der Waals surface area contributed by atoms with Crippen molar-refractivity contribution >= 4 is 17.5 Å². The zero-order valence-corrected chi connectivity index (χ0v) is 18.1. The fourth-order valence-electron chi connectivity index (χ4n) is 3.89. The van der Waals surface area contributed by atoms with E-state index in [1.54, 1.807) is 0 Å². The highest BCUT2D eigenvalue weighted by Gasteiger charge is 2.21. The van der Waals surface area contributed by atoms with E-state index in [4.69, 9.17) is 5.26 Å².